The number of hydrogen-bond donors (Lipinski definition) is 2. The van der Waals surface area contributed by atoms with Gasteiger partial charge in [0.1, 0.15) is 6.54 Å². The minimum absolute atomic E-state index is 0.00462. The van der Waals surface area contributed by atoms with Crippen molar-refractivity contribution >= 4 is 41.0 Å². The van der Waals surface area contributed by atoms with E-state index in [1.54, 1.807) is 29.2 Å². The number of aliphatic carboxylic acids is 2. The summed E-state index contributed by atoms with van der Waals surface area (Å²) in [4.78, 5) is 53.2. The Kier molecular flexibility index (Phi) is 13.9. The largest absolute Gasteiger partial charge is 0.490 e. The van der Waals surface area contributed by atoms with Crippen LogP contribution < -0.4 is 4.90 Å². The summed E-state index contributed by atoms with van der Waals surface area (Å²) in [5, 5.41) is 14.8. The van der Waals surface area contributed by atoms with E-state index in [2.05, 4.69) is 16.8 Å². The van der Waals surface area contributed by atoms with Crippen molar-refractivity contribution in [3.63, 3.8) is 0 Å². The summed E-state index contributed by atoms with van der Waals surface area (Å²) < 4.78 is 63.5. The maximum absolute atomic E-state index is 13.5. The van der Waals surface area contributed by atoms with Gasteiger partial charge in [0.05, 0.1) is 0 Å². The van der Waals surface area contributed by atoms with E-state index < -0.39 is 24.3 Å². The number of alkyl halides is 6. The lowest BCUT2D eigenvalue weighted by Crippen LogP contribution is -2.48. The van der Waals surface area contributed by atoms with E-state index in [1.807, 2.05) is 29.2 Å². The standard InChI is InChI=1S/C28H35ClN4O2.2C2HF3O2/c1-30-14-12-25(13-15-30)31-16-10-21(11-17-31)18-33-26-5-3-2-4-23(26)19-32(20-27(33)34)28(35)22-6-8-24(29)9-7-22;2*3-2(4,5)1(6)7/h2-9,21,25H,10-20H2,1H3;2*(H,6,7). The van der Waals surface area contributed by atoms with E-state index >= 15 is 0 Å². The average Bonchev–Trinajstić information content (AvgIpc) is 3.17. The van der Waals surface area contributed by atoms with Gasteiger partial charge in [-0.2, -0.15) is 26.3 Å². The first-order valence-electron chi connectivity index (χ1n) is 15.3. The van der Waals surface area contributed by atoms with E-state index in [-0.39, 0.29) is 18.4 Å². The van der Waals surface area contributed by atoms with Crippen LogP contribution in [0, 0.1) is 5.92 Å². The van der Waals surface area contributed by atoms with Crippen LogP contribution in [-0.4, -0.2) is 113 Å². The van der Waals surface area contributed by atoms with E-state index in [0.29, 0.717) is 29.1 Å². The van der Waals surface area contributed by atoms with Crippen molar-refractivity contribution in [2.75, 3.05) is 51.2 Å². The Labute approximate surface area is 283 Å². The number of halogens is 7. The SMILES string of the molecule is CN1CCC(N2CCC(CN3C(=O)CN(C(=O)c4ccc(Cl)cc4)Cc4ccccc43)CC2)CC1.O=C(O)C(F)(F)F.O=C(O)C(F)(F)F. The monoisotopic (exact) mass is 722 g/mol. The van der Waals surface area contributed by atoms with Crippen molar-refractivity contribution in [1.82, 2.24) is 14.7 Å². The maximum Gasteiger partial charge on any atom is 0.490 e. The fraction of sp³-hybridized carbons (Fsp3) is 0.500. The summed E-state index contributed by atoms with van der Waals surface area (Å²) >= 11 is 6.00. The fourth-order valence-electron chi connectivity index (χ4n) is 5.79. The van der Waals surface area contributed by atoms with Gasteiger partial charge in [0.15, 0.2) is 0 Å². The first-order chi connectivity index (χ1) is 22.9. The molecular formula is C32H37ClF6N4O6. The molecule has 2 saturated heterocycles. The van der Waals surface area contributed by atoms with Crippen LogP contribution in [0.2, 0.25) is 5.02 Å². The average molecular weight is 723 g/mol. The molecule has 0 aliphatic carbocycles. The highest BCUT2D eigenvalue weighted by molar-refractivity contribution is 6.30. The lowest BCUT2D eigenvalue weighted by Gasteiger charge is -2.41. The first kappa shape index (κ1) is 39.5. The summed E-state index contributed by atoms with van der Waals surface area (Å²) in [5.74, 6) is -5.18. The number of nitrogens with zero attached hydrogens (tertiary/aromatic N) is 4. The molecule has 0 spiro atoms. The number of para-hydroxylation sites is 1. The number of amides is 2. The van der Waals surface area contributed by atoms with Gasteiger partial charge in [-0.25, -0.2) is 9.59 Å². The predicted octanol–water partition coefficient (Wildman–Crippen LogP) is 5.40. The molecule has 0 unspecified atom stereocenters. The number of carbonyl (C=O) groups is 4. The third-order valence-electron chi connectivity index (χ3n) is 8.43. The number of anilines is 1. The fourth-order valence-corrected chi connectivity index (χ4v) is 5.92. The molecule has 49 heavy (non-hydrogen) atoms. The van der Waals surface area contributed by atoms with Gasteiger partial charge in [0.2, 0.25) is 5.91 Å². The molecule has 2 fully saturated rings. The van der Waals surface area contributed by atoms with Gasteiger partial charge in [-0.05, 0) is 101 Å². The molecule has 10 nitrogen and oxygen atoms in total. The Morgan fingerprint density at radius 1 is 0.796 bits per heavy atom. The highest BCUT2D eigenvalue weighted by Crippen LogP contribution is 2.30. The first-order valence-corrected chi connectivity index (χ1v) is 15.7. The minimum atomic E-state index is -5.08. The van der Waals surface area contributed by atoms with Gasteiger partial charge >= 0.3 is 24.3 Å². The van der Waals surface area contributed by atoms with Gasteiger partial charge < -0.3 is 29.8 Å². The summed E-state index contributed by atoms with van der Waals surface area (Å²) in [6.45, 7) is 5.84. The van der Waals surface area contributed by atoms with Crippen molar-refractivity contribution in [3.8, 4) is 0 Å². The van der Waals surface area contributed by atoms with Crippen molar-refractivity contribution in [1.29, 1.82) is 0 Å². The zero-order chi connectivity index (χ0) is 36.5. The molecule has 3 aliphatic rings. The molecule has 0 saturated carbocycles. The second-order valence-corrected chi connectivity index (χ2v) is 12.4. The third-order valence-corrected chi connectivity index (χ3v) is 8.68. The number of carbonyl (C=O) groups excluding carboxylic acids is 2. The van der Waals surface area contributed by atoms with Gasteiger partial charge in [0, 0.05) is 35.4 Å². The number of hydrogen-bond acceptors (Lipinski definition) is 6. The van der Waals surface area contributed by atoms with Crippen LogP contribution in [0.25, 0.3) is 0 Å². The molecule has 5 rings (SSSR count). The number of carboxylic acid groups (broad SMARTS) is 2. The maximum atomic E-state index is 13.5. The van der Waals surface area contributed by atoms with Crippen molar-refractivity contribution < 1.29 is 55.7 Å². The Morgan fingerprint density at radius 3 is 1.82 bits per heavy atom. The highest BCUT2D eigenvalue weighted by Gasteiger charge is 2.39. The lowest BCUT2D eigenvalue weighted by atomic mass is 9.92. The molecule has 2 N–H and O–H groups in total. The predicted molar refractivity (Wildman–Crippen MR) is 167 cm³/mol. The van der Waals surface area contributed by atoms with Crippen molar-refractivity contribution in [2.24, 2.45) is 5.92 Å². The number of piperidine rings is 2. The van der Waals surface area contributed by atoms with Crippen molar-refractivity contribution in [2.45, 2.75) is 50.6 Å². The normalized spacial score (nSPS) is 18.3. The number of likely N-dealkylation sites (tertiary alicyclic amines) is 2. The van der Waals surface area contributed by atoms with Crippen LogP contribution in [0.15, 0.2) is 48.5 Å². The molecule has 0 radical (unpaired) electrons. The molecule has 2 aromatic rings. The van der Waals surface area contributed by atoms with E-state index in [9.17, 15) is 35.9 Å². The van der Waals surface area contributed by atoms with Crippen LogP contribution in [0.1, 0.15) is 41.6 Å². The number of carboxylic acids is 2. The van der Waals surface area contributed by atoms with Gasteiger partial charge in [-0.3, -0.25) is 9.59 Å². The molecule has 17 heteroatoms. The quantitative estimate of drug-likeness (QED) is 0.403. The van der Waals surface area contributed by atoms with Crippen LogP contribution in [0.4, 0.5) is 32.0 Å². The zero-order valence-electron chi connectivity index (χ0n) is 26.5. The number of benzene rings is 2. The summed E-state index contributed by atoms with van der Waals surface area (Å²) in [5.41, 5.74) is 2.51. The highest BCUT2D eigenvalue weighted by atomic mass is 35.5. The molecule has 0 aromatic heterocycles. The van der Waals surface area contributed by atoms with Crippen LogP contribution >= 0.6 is 11.6 Å². The van der Waals surface area contributed by atoms with Gasteiger partial charge in [-0.15, -0.1) is 0 Å². The molecule has 3 heterocycles. The Balaban J connectivity index is 0.000000392. The van der Waals surface area contributed by atoms with E-state index in [0.717, 1.165) is 43.7 Å². The van der Waals surface area contributed by atoms with Crippen molar-refractivity contribution in [3.05, 3.63) is 64.7 Å². The third kappa shape index (κ3) is 11.9. The van der Waals surface area contributed by atoms with Crippen LogP contribution in [-0.2, 0) is 20.9 Å². The molecule has 0 bridgehead atoms. The summed E-state index contributed by atoms with van der Waals surface area (Å²) in [6, 6.07) is 15.6. The zero-order valence-corrected chi connectivity index (χ0v) is 27.3. The van der Waals surface area contributed by atoms with Gasteiger partial charge in [-0.1, -0.05) is 29.8 Å². The molecule has 0 atom stereocenters. The summed E-state index contributed by atoms with van der Waals surface area (Å²) in [6.07, 6.45) is -5.41. The Bertz CT molecular complexity index is 1420. The van der Waals surface area contributed by atoms with Crippen LogP contribution in [0.3, 0.4) is 0 Å². The molecule has 2 amide bonds. The van der Waals surface area contributed by atoms with E-state index in [4.69, 9.17) is 31.4 Å². The van der Waals surface area contributed by atoms with Gasteiger partial charge in [0.25, 0.3) is 5.91 Å². The van der Waals surface area contributed by atoms with E-state index in [1.165, 1.54) is 25.9 Å². The summed E-state index contributed by atoms with van der Waals surface area (Å²) in [7, 11) is 2.21. The molecule has 3 aliphatic heterocycles. The van der Waals surface area contributed by atoms with Crippen LogP contribution in [0.5, 0.6) is 0 Å². The second-order valence-electron chi connectivity index (χ2n) is 11.9. The Morgan fingerprint density at radius 2 is 1.31 bits per heavy atom. The number of rotatable bonds is 4. The number of fused-ring (bicyclic) bond motifs is 1. The molecule has 2 aromatic carbocycles. The second kappa shape index (κ2) is 17.2. The Hall–Kier alpha value is -3.89. The molecule has 270 valence electrons. The minimum Gasteiger partial charge on any atom is -0.475 e. The molecular weight excluding hydrogens is 686 g/mol. The smallest absolute Gasteiger partial charge is 0.475 e. The lowest BCUT2D eigenvalue weighted by molar-refractivity contribution is -0.193. The topological polar surface area (TPSA) is 122 Å².